The summed E-state index contributed by atoms with van der Waals surface area (Å²) in [5.74, 6) is -0.762. The first-order chi connectivity index (χ1) is 16.0. The van der Waals surface area contributed by atoms with Crippen molar-refractivity contribution in [3.63, 3.8) is 0 Å². The van der Waals surface area contributed by atoms with E-state index >= 15 is 0 Å². The van der Waals surface area contributed by atoms with Crippen molar-refractivity contribution in [2.45, 2.75) is 17.4 Å². The molecule has 0 N–H and O–H groups in total. The van der Waals surface area contributed by atoms with E-state index in [4.69, 9.17) is 0 Å². The number of fused-ring (bicyclic) bond motifs is 3. The van der Waals surface area contributed by atoms with Gasteiger partial charge in [-0.25, -0.2) is 0 Å². The van der Waals surface area contributed by atoms with Gasteiger partial charge in [-0.15, -0.1) is 0 Å². The Kier molecular flexibility index (Phi) is 4.83. The number of hydrogen-bond acceptors (Lipinski definition) is 2. The van der Waals surface area contributed by atoms with Gasteiger partial charge in [0.2, 0.25) is 0 Å². The number of aromatic nitrogens is 2. The van der Waals surface area contributed by atoms with E-state index in [0.717, 1.165) is 45.5 Å². The van der Waals surface area contributed by atoms with Crippen LogP contribution in [0.3, 0.4) is 0 Å². The van der Waals surface area contributed by atoms with Gasteiger partial charge in [-0.2, -0.15) is 0 Å². The van der Waals surface area contributed by atoms with Crippen LogP contribution >= 0.6 is 0 Å². The van der Waals surface area contributed by atoms with Gasteiger partial charge in [-0.1, -0.05) is 0 Å². The van der Waals surface area contributed by atoms with E-state index in [1.807, 2.05) is 12.3 Å². The van der Waals surface area contributed by atoms with Crippen molar-refractivity contribution in [2.75, 3.05) is 0 Å². The van der Waals surface area contributed by atoms with E-state index in [-0.39, 0.29) is 34.3 Å². The molecule has 1 aliphatic heterocycles. The maximum atomic E-state index is 14.2. The van der Waals surface area contributed by atoms with Gasteiger partial charge in [0, 0.05) is 0 Å². The normalized spacial score (nSPS) is 14.8. The third kappa shape index (κ3) is 3.55. The fraction of sp³-hybridized carbons (Fsp3) is 0.154. The molecule has 4 aromatic rings. The fourth-order valence-corrected chi connectivity index (χ4v) is 6.76. The van der Waals surface area contributed by atoms with Gasteiger partial charge < -0.3 is 0 Å². The number of nitrogens with zero attached hydrogens (tertiary/aromatic N) is 2. The SMILES string of the molecule is O=C(c1cn2c(cc1=O)-c1c(-c3cccc(F)c3)c(-c3ccc(F)cc3)cn1C[I-]2)C1CC1. The number of pyridine rings is 1. The van der Waals surface area contributed by atoms with Crippen LogP contribution in [0.15, 0.2) is 71.8 Å². The molecular weight excluding hydrogens is 537 g/mol. The van der Waals surface area contributed by atoms with Crippen molar-refractivity contribution in [3.8, 4) is 33.6 Å². The number of alkyl halides is 1. The minimum atomic E-state index is -0.545. The van der Waals surface area contributed by atoms with Gasteiger partial charge in [-0.05, 0) is 0 Å². The Morgan fingerprint density at radius 2 is 1.73 bits per heavy atom. The molecule has 1 fully saturated rings. The Hall–Kier alpha value is -3.07. The molecule has 0 saturated heterocycles. The van der Waals surface area contributed by atoms with Crippen LogP contribution < -0.4 is 26.9 Å². The first-order valence-electron chi connectivity index (χ1n) is 10.7. The Morgan fingerprint density at radius 1 is 0.939 bits per heavy atom. The molecule has 2 aliphatic rings. The predicted molar refractivity (Wildman–Crippen MR) is 117 cm³/mol. The third-order valence-electron chi connectivity index (χ3n) is 6.12. The first kappa shape index (κ1) is 20.5. The van der Waals surface area contributed by atoms with E-state index in [2.05, 4.69) is 7.35 Å². The molecule has 0 spiro atoms. The zero-order chi connectivity index (χ0) is 22.7. The Bertz CT molecular complexity index is 1480. The molecule has 166 valence electrons. The predicted octanol–water partition coefficient (Wildman–Crippen LogP) is 2.34. The summed E-state index contributed by atoms with van der Waals surface area (Å²) in [6.07, 6.45) is 5.43. The van der Waals surface area contributed by atoms with Crippen molar-refractivity contribution >= 4 is 5.78 Å². The molecule has 0 unspecified atom stereocenters. The van der Waals surface area contributed by atoms with Crippen molar-refractivity contribution in [2.24, 2.45) is 5.92 Å². The number of carbonyl (C=O) groups is 1. The van der Waals surface area contributed by atoms with Crippen LogP contribution in [-0.2, 0) is 4.55 Å². The second kappa shape index (κ2) is 7.76. The standard InChI is InChI=1S/C26H18F2IN2O2/c27-18-8-6-15(7-9-18)20-12-30-14-29-31-13-21(26(33)16-4-5-16)23(32)11-22(31)25(30)24(20)17-2-1-3-19(28)10-17/h1-3,6-13,16H,4-5,14H2/q-1. The summed E-state index contributed by atoms with van der Waals surface area (Å²) in [4.78, 5) is 25.6. The number of hydrogen-bond donors (Lipinski definition) is 0. The molecule has 0 atom stereocenters. The average molecular weight is 555 g/mol. The van der Waals surface area contributed by atoms with Crippen LogP contribution in [0.5, 0.6) is 0 Å². The van der Waals surface area contributed by atoms with Gasteiger partial charge in [0.25, 0.3) is 0 Å². The topological polar surface area (TPSA) is 44.0 Å². The molecule has 2 aromatic carbocycles. The van der Waals surface area contributed by atoms with Crippen LogP contribution in [0.1, 0.15) is 23.2 Å². The maximum absolute atomic E-state index is 14.2. The molecule has 0 amide bonds. The van der Waals surface area contributed by atoms with Crippen molar-refractivity contribution in [1.29, 1.82) is 0 Å². The molecule has 4 nitrogen and oxygen atoms in total. The van der Waals surface area contributed by atoms with Crippen LogP contribution in [0.4, 0.5) is 8.78 Å². The number of carbonyl (C=O) groups excluding carboxylic acids is 1. The number of rotatable bonds is 4. The zero-order valence-corrected chi connectivity index (χ0v) is 19.6. The number of halogens is 3. The van der Waals surface area contributed by atoms with Gasteiger partial charge in [0.15, 0.2) is 0 Å². The summed E-state index contributed by atoms with van der Waals surface area (Å²) >= 11 is -0.545. The average Bonchev–Trinajstić information content (AvgIpc) is 3.58. The third-order valence-corrected chi connectivity index (χ3v) is 8.69. The van der Waals surface area contributed by atoms with Crippen LogP contribution in [0, 0.1) is 17.6 Å². The summed E-state index contributed by atoms with van der Waals surface area (Å²) in [7, 11) is 0. The van der Waals surface area contributed by atoms with Crippen LogP contribution in [-0.4, -0.2) is 13.1 Å². The zero-order valence-electron chi connectivity index (χ0n) is 17.4. The monoisotopic (exact) mass is 555 g/mol. The molecule has 3 heterocycles. The quantitative estimate of drug-likeness (QED) is 0.221. The Morgan fingerprint density at radius 3 is 2.45 bits per heavy atom. The Labute approximate surface area is 199 Å². The number of benzene rings is 2. The minimum absolute atomic E-state index is 0.0186. The van der Waals surface area contributed by atoms with Crippen LogP contribution in [0.25, 0.3) is 33.6 Å². The van der Waals surface area contributed by atoms with Crippen molar-refractivity contribution in [1.82, 2.24) is 7.35 Å². The molecule has 1 aliphatic carbocycles. The van der Waals surface area contributed by atoms with Gasteiger partial charge in [0.1, 0.15) is 0 Å². The molecule has 0 bridgehead atoms. The molecule has 2 aromatic heterocycles. The number of ketones is 1. The van der Waals surface area contributed by atoms with Crippen molar-refractivity contribution < 1.29 is 35.1 Å². The summed E-state index contributed by atoms with van der Waals surface area (Å²) in [6, 6.07) is 14.1. The van der Waals surface area contributed by atoms with E-state index in [1.165, 1.54) is 24.3 Å². The second-order valence-corrected chi connectivity index (χ2v) is 10.8. The van der Waals surface area contributed by atoms with Gasteiger partial charge >= 0.3 is 200 Å². The molecule has 6 rings (SSSR count). The Balaban J connectivity index is 1.60. The number of Topliss-reactive ketones (excluding diaryl/α,β-unsaturated/α-hetero) is 1. The van der Waals surface area contributed by atoms with E-state index in [9.17, 15) is 18.4 Å². The molecule has 33 heavy (non-hydrogen) atoms. The molecular formula is C26H18F2IN2O2-. The molecule has 0 radical (unpaired) electrons. The van der Waals surface area contributed by atoms with Gasteiger partial charge in [0.05, 0.1) is 0 Å². The van der Waals surface area contributed by atoms with E-state index in [0.29, 0.717) is 5.56 Å². The summed E-state index contributed by atoms with van der Waals surface area (Å²) in [5.41, 5.74) is 4.67. The summed E-state index contributed by atoms with van der Waals surface area (Å²) < 4.78 is 32.7. The summed E-state index contributed by atoms with van der Waals surface area (Å²) in [5, 5.41) is 0. The van der Waals surface area contributed by atoms with Gasteiger partial charge in [-0.3, -0.25) is 0 Å². The van der Waals surface area contributed by atoms with E-state index < -0.39 is 21.5 Å². The summed E-state index contributed by atoms with van der Waals surface area (Å²) in [6.45, 7) is 0. The van der Waals surface area contributed by atoms with Crippen molar-refractivity contribution in [3.05, 3.63) is 94.4 Å². The molecule has 1 saturated carbocycles. The second-order valence-electron chi connectivity index (χ2n) is 8.38. The first-order valence-corrected chi connectivity index (χ1v) is 13.1. The fourth-order valence-electron chi connectivity index (χ4n) is 4.35. The van der Waals surface area contributed by atoms with E-state index in [1.54, 1.807) is 30.5 Å². The molecule has 7 heteroatoms. The van der Waals surface area contributed by atoms with Crippen LogP contribution in [0.2, 0.25) is 0 Å².